The van der Waals surface area contributed by atoms with Crippen LogP contribution < -0.4 is 5.32 Å². The molecular weight excluding hydrogens is 278 g/mol. The van der Waals surface area contributed by atoms with E-state index in [2.05, 4.69) is 22.2 Å². The van der Waals surface area contributed by atoms with Gasteiger partial charge in [-0.15, -0.1) is 0 Å². The van der Waals surface area contributed by atoms with Gasteiger partial charge in [0.2, 0.25) is 5.91 Å². The first-order valence-corrected chi connectivity index (χ1v) is 8.71. The molecule has 0 saturated heterocycles. The molecule has 3 unspecified atom stereocenters. The van der Waals surface area contributed by atoms with Gasteiger partial charge in [0.05, 0.1) is 7.11 Å². The molecule has 0 aromatic carbocycles. The molecule has 2 aliphatic carbocycles. The maximum absolute atomic E-state index is 11.8. The average Bonchev–Trinajstić information content (AvgIpc) is 3.14. The molecule has 3 atom stereocenters. The highest BCUT2D eigenvalue weighted by Gasteiger charge is 2.35. The van der Waals surface area contributed by atoms with Crippen molar-refractivity contribution in [3.05, 3.63) is 12.2 Å². The van der Waals surface area contributed by atoms with Gasteiger partial charge in [-0.05, 0) is 43.4 Å². The molecule has 22 heavy (non-hydrogen) atoms. The smallest absolute Gasteiger partial charge is 0.305 e. The Morgan fingerprint density at radius 3 is 2.41 bits per heavy atom. The zero-order valence-corrected chi connectivity index (χ0v) is 13.7. The number of allylic oxidation sites excluding steroid dienone is 2. The summed E-state index contributed by atoms with van der Waals surface area (Å²) in [5.74, 6) is 2.21. The van der Waals surface area contributed by atoms with E-state index >= 15 is 0 Å². The highest BCUT2D eigenvalue weighted by molar-refractivity contribution is 5.75. The molecule has 0 aliphatic heterocycles. The average molecular weight is 307 g/mol. The van der Waals surface area contributed by atoms with E-state index < -0.39 is 0 Å². The molecule has 4 heteroatoms. The maximum atomic E-state index is 11.8. The number of fused-ring (bicyclic) bond motifs is 2. The molecule has 1 amide bonds. The van der Waals surface area contributed by atoms with Crippen LogP contribution in [0, 0.1) is 17.8 Å². The van der Waals surface area contributed by atoms with Gasteiger partial charge >= 0.3 is 5.97 Å². The van der Waals surface area contributed by atoms with Gasteiger partial charge in [-0.3, -0.25) is 9.59 Å². The number of carbonyl (C=O) groups excluding carboxylic acids is 2. The Balaban J connectivity index is 1.42. The second-order valence-corrected chi connectivity index (χ2v) is 6.69. The van der Waals surface area contributed by atoms with Crippen molar-refractivity contribution in [3.8, 4) is 0 Å². The Bertz CT molecular complexity index is 405. The summed E-state index contributed by atoms with van der Waals surface area (Å²) in [6.07, 6.45) is 13.4. The fraction of sp³-hybridized carbons (Fsp3) is 0.778. The zero-order valence-electron chi connectivity index (χ0n) is 13.7. The van der Waals surface area contributed by atoms with Gasteiger partial charge in [0, 0.05) is 19.4 Å². The standard InChI is InChI=1S/C18H29NO3/c1-22-18(21)8-6-4-2-3-5-7-17(20)19-13-16-12-14-9-10-15(16)11-14/h9-10,14-16H,2-8,11-13H2,1H3,(H,19,20). The largest absolute Gasteiger partial charge is 0.469 e. The number of hydrogen-bond acceptors (Lipinski definition) is 3. The molecule has 0 heterocycles. The molecular formula is C18H29NO3. The minimum absolute atomic E-state index is 0.130. The Hall–Kier alpha value is -1.32. The van der Waals surface area contributed by atoms with E-state index in [1.54, 1.807) is 0 Å². The number of rotatable bonds is 10. The predicted molar refractivity (Wildman–Crippen MR) is 86.2 cm³/mol. The van der Waals surface area contributed by atoms with Gasteiger partial charge < -0.3 is 10.1 Å². The van der Waals surface area contributed by atoms with Crippen LogP contribution in [0.3, 0.4) is 0 Å². The number of carbonyl (C=O) groups is 2. The summed E-state index contributed by atoms with van der Waals surface area (Å²) < 4.78 is 4.60. The highest BCUT2D eigenvalue weighted by atomic mass is 16.5. The maximum Gasteiger partial charge on any atom is 0.305 e. The summed E-state index contributed by atoms with van der Waals surface area (Å²) in [4.78, 5) is 22.8. The van der Waals surface area contributed by atoms with Crippen LogP contribution in [0.2, 0.25) is 0 Å². The Morgan fingerprint density at radius 2 is 1.77 bits per heavy atom. The molecule has 0 radical (unpaired) electrons. The third kappa shape index (κ3) is 5.47. The molecule has 4 nitrogen and oxygen atoms in total. The number of amides is 1. The lowest BCUT2D eigenvalue weighted by molar-refractivity contribution is -0.140. The molecule has 0 spiro atoms. The summed E-state index contributed by atoms with van der Waals surface area (Å²) >= 11 is 0. The number of methoxy groups -OCH3 is 1. The minimum atomic E-state index is -0.130. The number of ether oxygens (including phenoxy) is 1. The van der Waals surface area contributed by atoms with Crippen LogP contribution >= 0.6 is 0 Å². The van der Waals surface area contributed by atoms with Gasteiger partial charge in [0.15, 0.2) is 0 Å². The number of nitrogens with one attached hydrogen (secondary N) is 1. The van der Waals surface area contributed by atoms with Crippen LogP contribution in [0.5, 0.6) is 0 Å². The van der Waals surface area contributed by atoms with E-state index in [0.29, 0.717) is 24.7 Å². The summed E-state index contributed by atoms with van der Waals surface area (Å²) in [7, 11) is 1.42. The van der Waals surface area contributed by atoms with Crippen molar-refractivity contribution in [3.63, 3.8) is 0 Å². The lowest BCUT2D eigenvalue weighted by Crippen LogP contribution is -2.30. The van der Waals surface area contributed by atoms with E-state index in [-0.39, 0.29) is 11.9 Å². The zero-order chi connectivity index (χ0) is 15.8. The molecule has 1 N–H and O–H groups in total. The van der Waals surface area contributed by atoms with Crippen molar-refractivity contribution in [1.82, 2.24) is 5.32 Å². The third-order valence-corrected chi connectivity index (χ3v) is 4.99. The van der Waals surface area contributed by atoms with E-state index in [9.17, 15) is 9.59 Å². The molecule has 2 aliphatic rings. The number of esters is 1. The van der Waals surface area contributed by atoms with Gasteiger partial charge in [0.25, 0.3) is 0 Å². The van der Waals surface area contributed by atoms with E-state index in [1.165, 1.54) is 20.0 Å². The van der Waals surface area contributed by atoms with Crippen LogP contribution in [0.1, 0.15) is 57.8 Å². The monoisotopic (exact) mass is 307 g/mol. The predicted octanol–water partition coefficient (Wildman–Crippen LogP) is 3.22. The summed E-state index contributed by atoms with van der Waals surface area (Å²) in [6.45, 7) is 0.851. The van der Waals surface area contributed by atoms with Crippen molar-refractivity contribution in [2.24, 2.45) is 17.8 Å². The van der Waals surface area contributed by atoms with Crippen molar-refractivity contribution < 1.29 is 14.3 Å². The van der Waals surface area contributed by atoms with Gasteiger partial charge in [0.1, 0.15) is 0 Å². The molecule has 2 bridgehead atoms. The first-order valence-electron chi connectivity index (χ1n) is 8.71. The molecule has 0 aromatic rings. The van der Waals surface area contributed by atoms with Crippen LogP contribution in [0.25, 0.3) is 0 Å². The lowest BCUT2D eigenvalue weighted by atomic mass is 9.93. The van der Waals surface area contributed by atoms with Crippen molar-refractivity contribution >= 4 is 11.9 Å². The fourth-order valence-corrected chi connectivity index (χ4v) is 3.65. The van der Waals surface area contributed by atoms with Gasteiger partial charge in [-0.2, -0.15) is 0 Å². The second-order valence-electron chi connectivity index (χ2n) is 6.69. The number of unbranched alkanes of at least 4 members (excludes halogenated alkanes) is 4. The van der Waals surface area contributed by atoms with Crippen LogP contribution in [-0.4, -0.2) is 25.5 Å². The molecule has 1 saturated carbocycles. The van der Waals surface area contributed by atoms with Gasteiger partial charge in [-0.25, -0.2) is 0 Å². The molecule has 1 fully saturated rings. The van der Waals surface area contributed by atoms with Crippen LogP contribution in [0.4, 0.5) is 0 Å². The Labute approximate surface area is 133 Å². The topological polar surface area (TPSA) is 55.4 Å². The van der Waals surface area contributed by atoms with E-state index in [0.717, 1.165) is 44.6 Å². The molecule has 2 rings (SSSR count). The van der Waals surface area contributed by atoms with Crippen molar-refractivity contribution in [1.29, 1.82) is 0 Å². The fourth-order valence-electron chi connectivity index (χ4n) is 3.65. The van der Waals surface area contributed by atoms with E-state index in [1.807, 2.05) is 0 Å². The Morgan fingerprint density at radius 1 is 1.05 bits per heavy atom. The van der Waals surface area contributed by atoms with Crippen LogP contribution in [-0.2, 0) is 14.3 Å². The van der Waals surface area contributed by atoms with Gasteiger partial charge in [-0.1, -0.05) is 31.4 Å². The molecule has 0 aromatic heterocycles. The summed E-state index contributed by atoms with van der Waals surface area (Å²) in [6, 6.07) is 0. The Kier molecular flexibility index (Phi) is 6.94. The second kappa shape index (κ2) is 8.96. The lowest BCUT2D eigenvalue weighted by Gasteiger charge is -2.18. The SMILES string of the molecule is COC(=O)CCCCCCCC(=O)NCC1CC2C=CC1C2. The van der Waals surface area contributed by atoms with Crippen molar-refractivity contribution in [2.75, 3.05) is 13.7 Å². The first-order chi connectivity index (χ1) is 10.7. The van der Waals surface area contributed by atoms with E-state index in [4.69, 9.17) is 0 Å². The highest BCUT2D eigenvalue weighted by Crippen LogP contribution is 2.42. The number of hydrogen-bond donors (Lipinski definition) is 1. The normalized spacial score (nSPS) is 25.4. The summed E-state index contributed by atoms with van der Waals surface area (Å²) in [5, 5.41) is 3.10. The molecule has 124 valence electrons. The van der Waals surface area contributed by atoms with Crippen molar-refractivity contribution in [2.45, 2.75) is 57.8 Å². The first kappa shape index (κ1) is 17.0. The summed E-state index contributed by atoms with van der Waals surface area (Å²) in [5.41, 5.74) is 0. The van der Waals surface area contributed by atoms with Crippen LogP contribution in [0.15, 0.2) is 12.2 Å². The minimum Gasteiger partial charge on any atom is -0.469 e. The third-order valence-electron chi connectivity index (χ3n) is 4.99. The quantitative estimate of drug-likeness (QED) is 0.383.